The number of benzene rings is 2. The molecule has 0 bridgehead atoms. The standard InChI is InChI=1S/C32H42N2O6/c1-4-6-19-40-27-13-10-25(22-23(27)3)30(35)28-29(24-8-11-26(12-9-24)39-18-5-2)34(32(37)31(28)36)15-7-14-33-16-20-38-21-17-33/h8-13,22,29,35H,4-7,14-21H2,1-3H3. The number of hydrogen-bond acceptors (Lipinski definition) is 7. The van der Waals surface area contributed by atoms with Crippen LogP contribution in [-0.4, -0.2) is 79.2 Å². The maximum atomic E-state index is 13.4. The van der Waals surface area contributed by atoms with Crippen molar-refractivity contribution in [3.8, 4) is 11.5 Å². The molecule has 4 rings (SSSR count). The number of carbonyl (C=O) groups is 2. The Kier molecular flexibility index (Phi) is 10.6. The molecule has 40 heavy (non-hydrogen) atoms. The van der Waals surface area contributed by atoms with Crippen LogP contribution in [0.15, 0.2) is 48.0 Å². The minimum atomic E-state index is -0.689. The summed E-state index contributed by atoms with van der Waals surface area (Å²) >= 11 is 0. The lowest BCUT2D eigenvalue weighted by Gasteiger charge is -2.29. The first-order valence-electron chi connectivity index (χ1n) is 14.5. The van der Waals surface area contributed by atoms with E-state index in [4.69, 9.17) is 14.2 Å². The number of morpholine rings is 1. The van der Waals surface area contributed by atoms with Gasteiger partial charge in [-0.1, -0.05) is 32.4 Å². The molecule has 1 unspecified atom stereocenters. The number of Topliss-reactive ketones (excluding diaryl/α,β-unsaturated/α-hetero) is 1. The third-order valence-corrected chi connectivity index (χ3v) is 7.39. The lowest BCUT2D eigenvalue weighted by molar-refractivity contribution is -0.140. The monoisotopic (exact) mass is 550 g/mol. The van der Waals surface area contributed by atoms with Gasteiger partial charge in [0.05, 0.1) is 38.0 Å². The highest BCUT2D eigenvalue weighted by molar-refractivity contribution is 6.46. The summed E-state index contributed by atoms with van der Waals surface area (Å²) in [5.74, 6) is 0.0441. The number of likely N-dealkylation sites (tertiary alicyclic amines) is 1. The van der Waals surface area contributed by atoms with Crippen LogP contribution < -0.4 is 9.47 Å². The van der Waals surface area contributed by atoms with Crippen molar-refractivity contribution in [2.45, 2.75) is 52.5 Å². The van der Waals surface area contributed by atoms with Gasteiger partial charge in [0.1, 0.15) is 17.3 Å². The SMILES string of the molecule is CCCCOc1ccc(C(O)=C2C(=O)C(=O)N(CCCN3CCOCC3)C2c2ccc(OCCC)cc2)cc1C. The maximum absolute atomic E-state index is 13.4. The molecule has 0 aromatic heterocycles. The van der Waals surface area contributed by atoms with E-state index in [1.54, 1.807) is 17.0 Å². The molecule has 0 radical (unpaired) electrons. The normalized spacial score (nSPS) is 19.3. The van der Waals surface area contributed by atoms with Gasteiger partial charge in [0, 0.05) is 31.7 Å². The minimum absolute atomic E-state index is 0.109. The van der Waals surface area contributed by atoms with Crippen LogP contribution in [0.3, 0.4) is 0 Å². The molecular weight excluding hydrogens is 508 g/mol. The molecule has 2 fully saturated rings. The van der Waals surface area contributed by atoms with Crippen LogP contribution in [0, 0.1) is 6.92 Å². The molecule has 1 amide bonds. The summed E-state index contributed by atoms with van der Waals surface area (Å²) in [4.78, 5) is 30.7. The van der Waals surface area contributed by atoms with Crippen molar-refractivity contribution in [2.24, 2.45) is 0 Å². The highest BCUT2D eigenvalue weighted by Crippen LogP contribution is 2.40. The predicted octanol–water partition coefficient (Wildman–Crippen LogP) is 5.11. The second-order valence-electron chi connectivity index (χ2n) is 10.4. The number of unbranched alkanes of at least 4 members (excludes halogenated alkanes) is 1. The number of aliphatic hydroxyl groups is 1. The van der Waals surface area contributed by atoms with Gasteiger partial charge in [-0.05, 0) is 67.6 Å². The second-order valence-corrected chi connectivity index (χ2v) is 10.4. The summed E-state index contributed by atoms with van der Waals surface area (Å²) in [6.07, 6.45) is 3.60. The summed E-state index contributed by atoms with van der Waals surface area (Å²) in [5, 5.41) is 11.5. The highest BCUT2D eigenvalue weighted by Gasteiger charge is 2.45. The average Bonchev–Trinajstić information content (AvgIpc) is 3.22. The van der Waals surface area contributed by atoms with Crippen LogP contribution in [0.25, 0.3) is 5.76 Å². The molecule has 8 heteroatoms. The van der Waals surface area contributed by atoms with Gasteiger partial charge in [0.25, 0.3) is 11.7 Å². The van der Waals surface area contributed by atoms with E-state index >= 15 is 0 Å². The van der Waals surface area contributed by atoms with Crippen molar-refractivity contribution in [1.82, 2.24) is 9.80 Å². The third kappa shape index (κ3) is 7.04. The molecule has 2 heterocycles. The molecule has 0 saturated carbocycles. The van der Waals surface area contributed by atoms with E-state index in [1.807, 2.05) is 44.2 Å². The number of aryl methyl sites for hydroxylation is 1. The van der Waals surface area contributed by atoms with Crippen molar-refractivity contribution in [2.75, 3.05) is 52.6 Å². The molecule has 2 aromatic rings. The summed E-state index contributed by atoms with van der Waals surface area (Å²) in [6.45, 7) is 11.6. The molecule has 0 spiro atoms. The zero-order valence-electron chi connectivity index (χ0n) is 24.0. The Hall–Kier alpha value is -3.36. The van der Waals surface area contributed by atoms with Crippen LogP contribution in [0.4, 0.5) is 0 Å². The van der Waals surface area contributed by atoms with Gasteiger partial charge in [-0.3, -0.25) is 14.5 Å². The molecule has 2 saturated heterocycles. The maximum Gasteiger partial charge on any atom is 0.295 e. The zero-order valence-corrected chi connectivity index (χ0v) is 24.0. The Labute approximate surface area is 237 Å². The zero-order chi connectivity index (χ0) is 28.5. The van der Waals surface area contributed by atoms with Crippen molar-refractivity contribution in [3.63, 3.8) is 0 Å². The van der Waals surface area contributed by atoms with E-state index in [0.29, 0.717) is 45.0 Å². The molecule has 2 aliphatic rings. The van der Waals surface area contributed by atoms with E-state index < -0.39 is 17.7 Å². The molecular formula is C32H42N2O6. The first-order valence-corrected chi connectivity index (χ1v) is 14.5. The van der Waals surface area contributed by atoms with E-state index in [1.165, 1.54) is 0 Å². The number of carbonyl (C=O) groups excluding carboxylic acids is 2. The number of rotatable bonds is 13. The quantitative estimate of drug-likeness (QED) is 0.161. The fourth-order valence-corrected chi connectivity index (χ4v) is 5.15. The molecule has 216 valence electrons. The van der Waals surface area contributed by atoms with Crippen LogP contribution in [-0.2, 0) is 14.3 Å². The Morgan fingerprint density at radius 3 is 2.38 bits per heavy atom. The molecule has 8 nitrogen and oxygen atoms in total. The lowest BCUT2D eigenvalue weighted by atomic mass is 9.94. The Balaban J connectivity index is 1.64. The number of amides is 1. The van der Waals surface area contributed by atoms with Gasteiger partial charge in [-0.15, -0.1) is 0 Å². The number of ketones is 1. The van der Waals surface area contributed by atoms with Crippen molar-refractivity contribution < 1.29 is 28.9 Å². The van der Waals surface area contributed by atoms with Crippen LogP contribution in [0.5, 0.6) is 11.5 Å². The Bertz CT molecular complexity index is 1190. The van der Waals surface area contributed by atoms with Crippen molar-refractivity contribution >= 4 is 17.4 Å². The lowest BCUT2D eigenvalue weighted by Crippen LogP contribution is -2.38. The van der Waals surface area contributed by atoms with Gasteiger partial charge >= 0.3 is 0 Å². The van der Waals surface area contributed by atoms with Crippen LogP contribution in [0.1, 0.15) is 62.3 Å². The fraction of sp³-hybridized carbons (Fsp3) is 0.500. The van der Waals surface area contributed by atoms with Crippen molar-refractivity contribution in [1.29, 1.82) is 0 Å². The number of hydrogen-bond donors (Lipinski definition) is 1. The summed E-state index contributed by atoms with van der Waals surface area (Å²) in [7, 11) is 0. The fourth-order valence-electron chi connectivity index (χ4n) is 5.15. The summed E-state index contributed by atoms with van der Waals surface area (Å²) < 4.78 is 17.0. The largest absolute Gasteiger partial charge is 0.507 e. The Morgan fingerprint density at radius 1 is 0.950 bits per heavy atom. The number of nitrogens with zero attached hydrogens (tertiary/aromatic N) is 2. The smallest absolute Gasteiger partial charge is 0.295 e. The summed E-state index contributed by atoms with van der Waals surface area (Å²) in [5.41, 5.74) is 2.21. The minimum Gasteiger partial charge on any atom is -0.507 e. The van der Waals surface area contributed by atoms with Gasteiger partial charge in [-0.25, -0.2) is 0 Å². The molecule has 0 aliphatic carbocycles. The van der Waals surface area contributed by atoms with Crippen LogP contribution in [0.2, 0.25) is 0 Å². The molecule has 1 atom stereocenters. The van der Waals surface area contributed by atoms with Gasteiger partial charge in [-0.2, -0.15) is 0 Å². The topological polar surface area (TPSA) is 88.5 Å². The second kappa shape index (κ2) is 14.3. The van der Waals surface area contributed by atoms with E-state index in [2.05, 4.69) is 11.8 Å². The van der Waals surface area contributed by atoms with Gasteiger partial charge in [0.15, 0.2) is 0 Å². The highest BCUT2D eigenvalue weighted by atomic mass is 16.5. The average molecular weight is 551 g/mol. The van der Waals surface area contributed by atoms with E-state index in [9.17, 15) is 14.7 Å². The molecule has 2 aliphatic heterocycles. The van der Waals surface area contributed by atoms with E-state index in [0.717, 1.165) is 61.5 Å². The number of aliphatic hydroxyl groups excluding tert-OH is 1. The summed E-state index contributed by atoms with van der Waals surface area (Å²) in [6, 6.07) is 12.1. The first kappa shape index (κ1) is 29.6. The predicted molar refractivity (Wildman–Crippen MR) is 155 cm³/mol. The third-order valence-electron chi connectivity index (χ3n) is 7.39. The first-order chi connectivity index (χ1) is 19.4. The molecule has 1 N–H and O–H groups in total. The number of ether oxygens (including phenoxy) is 3. The van der Waals surface area contributed by atoms with Gasteiger partial charge < -0.3 is 24.2 Å². The van der Waals surface area contributed by atoms with E-state index in [-0.39, 0.29) is 11.3 Å². The van der Waals surface area contributed by atoms with Crippen molar-refractivity contribution in [3.05, 3.63) is 64.7 Å². The van der Waals surface area contributed by atoms with Gasteiger partial charge in [0.2, 0.25) is 0 Å². The van der Waals surface area contributed by atoms with Crippen LogP contribution >= 0.6 is 0 Å². The molecule has 2 aromatic carbocycles. The Morgan fingerprint density at radius 2 is 1.70 bits per heavy atom.